The quantitative estimate of drug-likeness (QED) is 0.836. The number of rotatable bonds is 2. The van der Waals surface area contributed by atoms with Gasteiger partial charge in [0.1, 0.15) is 10.7 Å². The van der Waals surface area contributed by atoms with Crippen molar-refractivity contribution in [3.05, 3.63) is 5.69 Å². The van der Waals surface area contributed by atoms with Crippen LogP contribution in [-0.2, 0) is 6.54 Å². The Hall–Kier alpha value is -0.680. The van der Waals surface area contributed by atoms with Crippen LogP contribution in [0.2, 0.25) is 0 Å². The summed E-state index contributed by atoms with van der Waals surface area (Å²) in [7, 11) is 0. The zero-order valence-electron chi connectivity index (χ0n) is 9.31. The van der Waals surface area contributed by atoms with E-state index in [0.717, 1.165) is 17.2 Å². The van der Waals surface area contributed by atoms with Gasteiger partial charge in [-0.05, 0) is 26.7 Å². The van der Waals surface area contributed by atoms with Crippen LogP contribution in [0.25, 0.3) is 0 Å². The largest absolute Gasteiger partial charge is 0.388 e. The fourth-order valence-corrected chi connectivity index (χ4v) is 2.72. The number of anilines is 1. The number of likely N-dealkylation sites (tertiary alicyclic amines) is 1. The van der Waals surface area contributed by atoms with Gasteiger partial charge in [-0.15, -0.1) is 5.10 Å². The van der Waals surface area contributed by atoms with Gasteiger partial charge < -0.3 is 5.73 Å². The van der Waals surface area contributed by atoms with E-state index in [2.05, 4.69) is 28.3 Å². The first-order valence-corrected chi connectivity index (χ1v) is 6.28. The molecule has 0 aromatic carbocycles. The van der Waals surface area contributed by atoms with Crippen molar-refractivity contribution in [1.82, 2.24) is 14.5 Å². The Morgan fingerprint density at radius 1 is 1.40 bits per heavy atom. The SMILES string of the molecule is CC1CCCC(C)N1Cc1nnsc1N. The lowest BCUT2D eigenvalue weighted by molar-refractivity contribution is 0.0940. The molecule has 0 bridgehead atoms. The van der Waals surface area contributed by atoms with E-state index >= 15 is 0 Å². The van der Waals surface area contributed by atoms with E-state index in [4.69, 9.17) is 5.73 Å². The van der Waals surface area contributed by atoms with Crippen LogP contribution in [0, 0.1) is 0 Å². The first-order chi connectivity index (χ1) is 7.18. The third-order valence-corrected chi connectivity index (χ3v) is 3.89. The van der Waals surface area contributed by atoms with E-state index in [0.29, 0.717) is 12.1 Å². The molecule has 0 spiro atoms. The van der Waals surface area contributed by atoms with Gasteiger partial charge >= 0.3 is 0 Å². The molecule has 1 aliphatic rings. The van der Waals surface area contributed by atoms with Crippen molar-refractivity contribution < 1.29 is 0 Å². The number of nitrogens with zero attached hydrogens (tertiary/aromatic N) is 3. The monoisotopic (exact) mass is 226 g/mol. The van der Waals surface area contributed by atoms with Crippen molar-refractivity contribution in [1.29, 1.82) is 0 Å². The summed E-state index contributed by atoms with van der Waals surface area (Å²) in [6.45, 7) is 5.42. The molecule has 1 saturated heterocycles. The molecule has 0 radical (unpaired) electrons. The summed E-state index contributed by atoms with van der Waals surface area (Å²) in [5.74, 6) is 0. The summed E-state index contributed by atoms with van der Waals surface area (Å²) < 4.78 is 3.88. The van der Waals surface area contributed by atoms with Gasteiger partial charge in [-0.3, -0.25) is 4.90 Å². The lowest BCUT2D eigenvalue weighted by atomic mass is 9.97. The van der Waals surface area contributed by atoms with Gasteiger partial charge in [-0.25, -0.2) is 0 Å². The van der Waals surface area contributed by atoms with Crippen molar-refractivity contribution in [3.63, 3.8) is 0 Å². The highest BCUT2D eigenvalue weighted by Crippen LogP contribution is 2.25. The predicted octanol–water partition coefficient (Wildman–Crippen LogP) is 1.88. The zero-order valence-corrected chi connectivity index (χ0v) is 10.1. The van der Waals surface area contributed by atoms with Gasteiger partial charge in [0.2, 0.25) is 0 Å². The average molecular weight is 226 g/mol. The Bertz CT molecular complexity index is 315. The molecule has 4 nitrogen and oxygen atoms in total. The summed E-state index contributed by atoms with van der Waals surface area (Å²) in [4.78, 5) is 2.48. The fourth-order valence-electron chi connectivity index (χ4n) is 2.28. The lowest BCUT2D eigenvalue weighted by Gasteiger charge is -2.38. The Morgan fingerprint density at radius 3 is 2.60 bits per heavy atom. The maximum absolute atomic E-state index is 5.82. The minimum absolute atomic E-state index is 0.634. The molecular formula is C10H18N4S. The van der Waals surface area contributed by atoms with Crippen LogP contribution in [0.1, 0.15) is 38.8 Å². The highest BCUT2D eigenvalue weighted by Gasteiger charge is 2.25. The van der Waals surface area contributed by atoms with Gasteiger partial charge in [-0.1, -0.05) is 10.9 Å². The van der Waals surface area contributed by atoms with E-state index in [1.807, 2.05) is 0 Å². The second-order valence-electron chi connectivity index (χ2n) is 4.39. The standard InChI is InChI=1S/C10H18N4S/c1-7-4-3-5-8(2)14(7)6-9-10(11)15-13-12-9/h7-8H,3-6,11H2,1-2H3. The molecule has 84 valence electrons. The van der Waals surface area contributed by atoms with Crippen molar-refractivity contribution in [2.45, 2.75) is 51.7 Å². The van der Waals surface area contributed by atoms with Gasteiger partial charge in [0, 0.05) is 30.2 Å². The van der Waals surface area contributed by atoms with E-state index in [-0.39, 0.29) is 0 Å². The summed E-state index contributed by atoms with van der Waals surface area (Å²) in [5.41, 5.74) is 6.76. The summed E-state index contributed by atoms with van der Waals surface area (Å²) in [6, 6.07) is 1.27. The average Bonchev–Trinajstić information content (AvgIpc) is 2.58. The molecular weight excluding hydrogens is 208 g/mol. The highest BCUT2D eigenvalue weighted by atomic mass is 32.1. The van der Waals surface area contributed by atoms with E-state index in [9.17, 15) is 0 Å². The molecule has 0 aliphatic carbocycles. The minimum atomic E-state index is 0.634. The van der Waals surface area contributed by atoms with E-state index in [1.54, 1.807) is 0 Å². The molecule has 1 fully saturated rings. The van der Waals surface area contributed by atoms with Crippen molar-refractivity contribution in [2.75, 3.05) is 5.73 Å². The molecule has 1 aromatic rings. The lowest BCUT2D eigenvalue weighted by Crippen LogP contribution is -2.43. The smallest absolute Gasteiger partial charge is 0.132 e. The van der Waals surface area contributed by atoms with Gasteiger partial charge in [0.15, 0.2) is 0 Å². The molecule has 1 aliphatic heterocycles. The van der Waals surface area contributed by atoms with Crippen LogP contribution in [0.4, 0.5) is 5.00 Å². The highest BCUT2D eigenvalue weighted by molar-refractivity contribution is 7.09. The van der Waals surface area contributed by atoms with Crippen LogP contribution in [0.5, 0.6) is 0 Å². The third kappa shape index (κ3) is 2.29. The second kappa shape index (κ2) is 4.45. The van der Waals surface area contributed by atoms with E-state index < -0.39 is 0 Å². The molecule has 2 heterocycles. The summed E-state index contributed by atoms with van der Waals surface area (Å²) in [5, 5.41) is 4.84. The van der Waals surface area contributed by atoms with Gasteiger partial charge in [0.05, 0.1) is 0 Å². The second-order valence-corrected chi connectivity index (χ2v) is 5.17. The van der Waals surface area contributed by atoms with Crippen LogP contribution in [-0.4, -0.2) is 26.6 Å². The Morgan fingerprint density at radius 2 is 2.07 bits per heavy atom. The van der Waals surface area contributed by atoms with Crippen LogP contribution >= 0.6 is 11.5 Å². The molecule has 15 heavy (non-hydrogen) atoms. The van der Waals surface area contributed by atoms with Crippen molar-refractivity contribution >= 4 is 16.5 Å². The Labute approximate surface area is 94.6 Å². The normalized spacial score (nSPS) is 28.1. The van der Waals surface area contributed by atoms with Crippen LogP contribution < -0.4 is 5.73 Å². The summed E-state index contributed by atoms with van der Waals surface area (Å²) >= 11 is 1.29. The molecule has 2 rings (SSSR count). The molecule has 1 aromatic heterocycles. The number of hydrogen-bond donors (Lipinski definition) is 1. The van der Waals surface area contributed by atoms with Crippen molar-refractivity contribution in [2.24, 2.45) is 0 Å². The predicted molar refractivity (Wildman–Crippen MR) is 62.6 cm³/mol. The zero-order chi connectivity index (χ0) is 10.8. The van der Waals surface area contributed by atoms with Crippen molar-refractivity contribution in [3.8, 4) is 0 Å². The molecule has 5 heteroatoms. The Kier molecular flexibility index (Phi) is 3.21. The molecule has 2 unspecified atom stereocenters. The maximum Gasteiger partial charge on any atom is 0.132 e. The van der Waals surface area contributed by atoms with Gasteiger partial charge in [0.25, 0.3) is 0 Å². The van der Waals surface area contributed by atoms with Crippen LogP contribution in [0.3, 0.4) is 0 Å². The number of nitrogen functional groups attached to an aromatic ring is 1. The van der Waals surface area contributed by atoms with Gasteiger partial charge in [-0.2, -0.15) is 0 Å². The molecule has 2 N–H and O–H groups in total. The minimum Gasteiger partial charge on any atom is -0.388 e. The summed E-state index contributed by atoms with van der Waals surface area (Å²) in [6.07, 6.45) is 3.90. The topological polar surface area (TPSA) is 55.0 Å². The number of piperidine rings is 1. The first kappa shape index (κ1) is 10.8. The molecule has 2 atom stereocenters. The van der Waals surface area contributed by atoms with E-state index in [1.165, 1.54) is 30.8 Å². The fraction of sp³-hybridized carbons (Fsp3) is 0.800. The third-order valence-electron chi connectivity index (χ3n) is 3.29. The molecule has 0 amide bonds. The Balaban J connectivity index is 2.06. The number of hydrogen-bond acceptors (Lipinski definition) is 5. The molecule has 0 saturated carbocycles. The maximum atomic E-state index is 5.82. The van der Waals surface area contributed by atoms with Crippen LogP contribution in [0.15, 0.2) is 0 Å². The number of aromatic nitrogens is 2. The number of nitrogens with two attached hydrogens (primary N) is 1. The first-order valence-electron chi connectivity index (χ1n) is 5.51.